The number of pyridine rings is 1. The third-order valence-corrected chi connectivity index (χ3v) is 6.09. The second-order valence-electron chi connectivity index (χ2n) is 7.24. The van der Waals surface area contributed by atoms with Gasteiger partial charge in [0.25, 0.3) is 0 Å². The predicted molar refractivity (Wildman–Crippen MR) is 124 cm³/mol. The molecule has 0 bridgehead atoms. The highest BCUT2D eigenvalue weighted by Crippen LogP contribution is 2.33. The molecule has 0 aliphatic carbocycles. The Kier molecular flexibility index (Phi) is 4.80. The third kappa shape index (κ3) is 3.83. The predicted octanol–water partition coefficient (Wildman–Crippen LogP) is 5.26. The highest BCUT2D eigenvalue weighted by molar-refractivity contribution is 7.19. The summed E-state index contributed by atoms with van der Waals surface area (Å²) in [6.07, 6.45) is 5.45. The molecule has 0 aliphatic heterocycles. The highest BCUT2D eigenvalue weighted by atomic mass is 32.1. The molecule has 7 heteroatoms. The van der Waals surface area contributed by atoms with Crippen molar-refractivity contribution in [2.45, 2.75) is 6.42 Å². The van der Waals surface area contributed by atoms with Crippen molar-refractivity contribution in [2.75, 3.05) is 0 Å². The van der Waals surface area contributed by atoms with E-state index < -0.39 is 5.97 Å². The van der Waals surface area contributed by atoms with E-state index in [4.69, 9.17) is 0 Å². The van der Waals surface area contributed by atoms with Crippen molar-refractivity contribution < 1.29 is 9.90 Å². The van der Waals surface area contributed by atoms with Crippen LogP contribution in [0.15, 0.2) is 67.0 Å². The second kappa shape index (κ2) is 7.77. The molecule has 3 aromatic heterocycles. The van der Waals surface area contributed by atoms with Gasteiger partial charge in [-0.25, -0.2) is 4.98 Å². The van der Waals surface area contributed by atoms with Gasteiger partial charge in [-0.1, -0.05) is 24.3 Å². The van der Waals surface area contributed by atoms with Crippen LogP contribution in [0.4, 0.5) is 0 Å². The van der Waals surface area contributed by atoms with E-state index in [0.717, 1.165) is 37.9 Å². The number of aryl methyl sites for hydroxylation is 1. The molecular formula is C24H18N4O2S. The Morgan fingerprint density at radius 3 is 2.84 bits per heavy atom. The molecule has 0 fully saturated rings. The number of benzene rings is 2. The maximum atomic E-state index is 11.6. The summed E-state index contributed by atoms with van der Waals surface area (Å²) in [6, 6.07) is 17.8. The number of para-hydroxylation sites is 1. The first kappa shape index (κ1) is 19.1. The SMILES string of the molecule is Cn1cc(/C=C(\CC(=O)O)c2nc3ccccc3s2)c(-c2ccc3ncccc3c2)n1. The van der Waals surface area contributed by atoms with E-state index in [1.165, 1.54) is 11.3 Å². The Bertz CT molecular complexity index is 1430. The standard InChI is InChI=1S/C24H18N4O2S/c1-28-14-18(23(27-28)16-8-9-19-15(11-16)5-4-10-25-19)12-17(13-22(29)30)24-26-20-6-2-3-7-21(20)31-24/h2-12,14H,13H2,1H3,(H,29,30)/b17-12+. The molecule has 0 atom stereocenters. The van der Waals surface area contributed by atoms with Crippen LogP contribution in [-0.4, -0.2) is 30.8 Å². The minimum absolute atomic E-state index is 0.115. The minimum Gasteiger partial charge on any atom is -0.481 e. The topological polar surface area (TPSA) is 80.9 Å². The molecule has 0 saturated carbocycles. The van der Waals surface area contributed by atoms with Crippen LogP contribution in [0, 0.1) is 0 Å². The van der Waals surface area contributed by atoms with Crippen LogP contribution in [0.3, 0.4) is 0 Å². The number of rotatable bonds is 5. The van der Waals surface area contributed by atoms with Crippen molar-refractivity contribution in [3.8, 4) is 11.3 Å². The first-order valence-corrected chi connectivity index (χ1v) is 10.6. The summed E-state index contributed by atoms with van der Waals surface area (Å²) >= 11 is 1.50. The average molecular weight is 427 g/mol. The first-order chi connectivity index (χ1) is 15.1. The fourth-order valence-corrected chi connectivity index (χ4v) is 4.59. The number of nitrogens with zero attached hydrogens (tertiary/aromatic N) is 4. The van der Waals surface area contributed by atoms with Gasteiger partial charge < -0.3 is 5.11 Å². The van der Waals surface area contributed by atoms with Crippen molar-refractivity contribution in [1.29, 1.82) is 0 Å². The Hall–Kier alpha value is -3.84. The van der Waals surface area contributed by atoms with Crippen molar-refractivity contribution >= 4 is 50.1 Å². The monoisotopic (exact) mass is 426 g/mol. The number of fused-ring (bicyclic) bond motifs is 2. The van der Waals surface area contributed by atoms with Crippen LogP contribution < -0.4 is 0 Å². The number of hydrogen-bond donors (Lipinski definition) is 1. The van der Waals surface area contributed by atoms with E-state index in [9.17, 15) is 9.90 Å². The molecule has 3 heterocycles. The number of hydrogen-bond acceptors (Lipinski definition) is 5. The summed E-state index contributed by atoms with van der Waals surface area (Å²) in [5.41, 5.74) is 5.03. The van der Waals surface area contributed by atoms with Gasteiger partial charge in [0.15, 0.2) is 0 Å². The van der Waals surface area contributed by atoms with Crippen LogP contribution >= 0.6 is 11.3 Å². The molecule has 31 heavy (non-hydrogen) atoms. The van der Waals surface area contributed by atoms with Crippen LogP contribution in [0.2, 0.25) is 0 Å². The van der Waals surface area contributed by atoms with Crippen molar-refractivity contribution in [2.24, 2.45) is 7.05 Å². The minimum atomic E-state index is -0.896. The van der Waals surface area contributed by atoms with Gasteiger partial charge in [0.2, 0.25) is 0 Å². The molecule has 0 spiro atoms. The normalized spacial score (nSPS) is 12.0. The first-order valence-electron chi connectivity index (χ1n) is 9.74. The largest absolute Gasteiger partial charge is 0.481 e. The van der Waals surface area contributed by atoms with E-state index in [1.54, 1.807) is 10.9 Å². The van der Waals surface area contributed by atoms with Gasteiger partial charge in [0.05, 0.1) is 27.8 Å². The lowest BCUT2D eigenvalue weighted by atomic mass is 10.0. The average Bonchev–Trinajstić information content (AvgIpc) is 3.36. The summed E-state index contributed by atoms with van der Waals surface area (Å²) in [6.45, 7) is 0. The molecule has 0 aliphatic rings. The smallest absolute Gasteiger partial charge is 0.307 e. The molecule has 6 nitrogen and oxygen atoms in total. The van der Waals surface area contributed by atoms with Crippen molar-refractivity contribution in [1.82, 2.24) is 19.7 Å². The molecule has 0 unspecified atom stereocenters. The lowest BCUT2D eigenvalue weighted by Gasteiger charge is -2.04. The maximum Gasteiger partial charge on any atom is 0.307 e. The molecule has 5 rings (SSSR count). The quantitative estimate of drug-likeness (QED) is 0.415. The lowest BCUT2D eigenvalue weighted by molar-refractivity contribution is -0.135. The second-order valence-corrected chi connectivity index (χ2v) is 8.28. The Labute approximate surface area is 182 Å². The third-order valence-electron chi connectivity index (χ3n) is 4.97. The van der Waals surface area contributed by atoms with E-state index in [0.29, 0.717) is 10.6 Å². The van der Waals surface area contributed by atoms with E-state index in [-0.39, 0.29) is 6.42 Å². The Morgan fingerprint density at radius 2 is 2.00 bits per heavy atom. The lowest BCUT2D eigenvalue weighted by Crippen LogP contribution is -1.97. The molecule has 2 aromatic carbocycles. The number of aliphatic carboxylic acids is 1. The fourth-order valence-electron chi connectivity index (χ4n) is 3.61. The maximum absolute atomic E-state index is 11.6. The zero-order valence-corrected chi connectivity index (χ0v) is 17.5. The summed E-state index contributed by atoms with van der Waals surface area (Å²) < 4.78 is 2.77. The fraction of sp³-hybridized carbons (Fsp3) is 0.0833. The van der Waals surface area contributed by atoms with Gasteiger partial charge >= 0.3 is 5.97 Å². The number of carboxylic acid groups (broad SMARTS) is 1. The van der Waals surface area contributed by atoms with Gasteiger partial charge in [0, 0.05) is 36.0 Å². The van der Waals surface area contributed by atoms with Gasteiger partial charge in [-0.3, -0.25) is 14.5 Å². The molecular weight excluding hydrogens is 408 g/mol. The number of thiazole rings is 1. The molecule has 0 radical (unpaired) electrons. The van der Waals surface area contributed by atoms with Gasteiger partial charge in [-0.2, -0.15) is 5.10 Å². The molecule has 0 saturated heterocycles. The summed E-state index contributed by atoms with van der Waals surface area (Å²) in [5, 5.41) is 15.9. The van der Waals surface area contributed by atoms with Crippen LogP contribution in [0.25, 0.3) is 44.0 Å². The molecule has 0 amide bonds. The zero-order valence-electron chi connectivity index (χ0n) is 16.7. The van der Waals surface area contributed by atoms with Gasteiger partial charge in [0.1, 0.15) is 5.01 Å². The highest BCUT2D eigenvalue weighted by Gasteiger charge is 2.16. The molecule has 1 N–H and O–H groups in total. The van der Waals surface area contributed by atoms with Crippen LogP contribution in [-0.2, 0) is 11.8 Å². The van der Waals surface area contributed by atoms with Gasteiger partial charge in [-0.15, -0.1) is 11.3 Å². The molecule has 5 aromatic rings. The summed E-state index contributed by atoms with van der Waals surface area (Å²) in [4.78, 5) is 20.6. The van der Waals surface area contributed by atoms with Crippen molar-refractivity contribution in [3.05, 3.63) is 77.6 Å². The molecule has 152 valence electrons. The summed E-state index contributed by atoms with van der Waals surface area (Å²) in [5.74, 6) is -0.896. The van der Waals surface area contributed by atoms with Crippen LogP contribution in [0.5, 0.6) is 0 Å². The number of aromatic nitrogens is 4. The van der Waals surface area contributed by atoms with Gasteiger partial charge in [-0.05, 0) is 42.0 Å². The van der Waals surface area contributed by atoms with Crippen molar-refractivity contribution in [3.63, 3.8) is 0 Å². The van der Waals surface area contributed by atoms with E-state index in [1.807, 2.05) is 67.9 Å². The Balaban J connectivity index is 1.64. The zero-order chi connectivity index (χ0) is 21.4. The Morgan fingerprint density at radius 1 is 1.13 bits per heavy atom. The van der Waals surface area contributed by atoms with E-state index in [2.05, 4.69) is 21.1 Å². The van der Waals surface area contributed by atoms with E-state index >= 15 is 0 Å². The number of carboxylic acids is 1. The summed E-state index contributed by atoms with van der Waals surface area (Å²) in [7, 11) is 1.86. The van der Waals surface area contributed by atoms with Crippen LogP contribution in [0.1, 0.15) is 17.0 Å². The number of carbonyl (C=O) groups is 1.